The molecule has 2 N–H and O–H groups in total. The van der Waals surface area contributed by atoms with E-state index in [1.807, 2.05) is 62.4 Å². The summed E-state index contributed by atoms with van der Waals surface area (Å²) < 4.78 is 5.56. The molecule has 0 saturated heterocycles. The maximum absolute atomic E-state index is 11.9. The van der Waals surface area contributed by atoms with E-state index in [4.69, 9.17) is 16.3 Å². The normalized spacial score (nSPS) is 10.6. The summed E-state index contributed by atoms with van der Waals surface area (Å²) >= 11 is 6.07. The van der Waals surface area contributed by atoms with Gasteiger partial charge in [-0.2, -0.15) is 0 Å². The van der Waals surface area contributed by atoms with E-state index in [2.05, 4.69) is 10.6 Å². The summed E-state index contributed by atoms with van der Waals surface area (Å²) in [7, 11) is 0. The van der Waals surface area contributed by atoms with Gasteiger partial charge in [0.05, 0.1) is 12.6 Å². The van der Waals surface area contributed by atoms with E-state index < -0.39 is 0 Å². The van der Waals surface area contributed by atoms with E-state index in [-0.39, 0.29) is 18.6 Å². The number of hydrogen-bond donors (Lipinski definition) is 2. The largest absolute Gasteiger partial charge is 0.491 e. The van der Waals surface area contributed by atoms with Crippen LogP contribution < -0.4 is 15.4 Å². The lowest BCUT2D eigenvalue weighted by atomic mass is 10.2. The van der Waals surface area contributed by atoms with E-state index in [1.165, 1.54) is 0 Å². The van der Waals surface area contributed by atoms with Crippen molar-refractivity contribution in [1.29, 1.82) is 0 Å². The summed E-state index contributed by atoms with van der Waals surface area (Å²) in [5, 5.41) is 6.61. The minimum Gasteiger partial charge on any atom is -0.491 e. The van der Waals surface area contributed by atoms with E-state index in [1.54, 1.807) is 0 Å². The van der Waals surface area contributed by atoms with Gasteiger partial charge in [0.1, 0.15) is 5.75 Å². The maximum atomic E-state index is 11.9. The minimum absolute atomic E-state index is 0.102. The highest BCUT2D eigenvalue weighted by atomic mass is 35.5. The first-order valence-electron chi connectivity index (χ1n) is 7.55. The molecule has 0 saturated carbocycles. The molecule has 23 heavy (non-hydrogen) atoms. The number of ether oxygens (including phenoxy) is 1. The van der Waals surface area contributed by atoms with Crippen LogP contribution in [0.3, 0.4) is 0 Å². The van der Waals surface area contributed by atoms with Gasteiger partial charge in [0.25, 0.3) is 0 Å². The lowest BCUT2D eigenvalue weighted by Crippen LogP contribution is -2.27. The fourth-order valence-corrected chi connectivity index (χ4v) is 2.25. The second kappa shape index (κ2) is 8.56. The molecule has 0 spiro atoms. The molecule has 0 bridgehead atoms. The summed E-state index contributed by atoms with van der Waals surface area (Å²) in [5.74, 6) is 0.685. The van der Waals surface area contributed by atoms with E-state index >= 15 is 0 Å². The monoisotopic (exact) mass is 332 g/mol. The Labute approximate surface area is 141 Å². The van der Waals surface area contributed by atoms with Crippen LogP contribution in [0.15, 0.2) is 48.5 Å². The molecular weight excluding hydrogens is 312 g/mol. The number of nitrogens with one attached hydrogen (secondary N) is 2. The molecule has 0 fully saturated rings. The van der Waals surface area contributed by atoms with Crippen molar-refractivity contribution in [3.8, 4) is 5.75 Å². The highest BCUT2D eigenvalue weighted by molar-refractivity contribution is 6.31. The molecule has 0 atom stereocenters. The van der Waals surface area contributed by atoms with Crippen LogP contribution >= 0.6 is 11.6 Å². The smallest absolute Gasteiger partial charge is 0.238 e. The van der Waals surface area contributed by atoms with E-state index in [0.29, 0.717) is 11.6 Å². The molecule has 1 amide bonds. The number of anilines is 1. The van der Waals surface area contributed by atoms with E-state index in [9.17, 15) is 4.79 Å². The van der Waals surface area contributed by atoms with Crippen LogP contribution in [0.1, 0.15) is 19.4 Å². The highest BCUT2D eigenvalue weighted by Crippen LogP contribution is 2.17. The summed E-state index contributed by atoms with van der Waals surface area (Å²) in [5.41, 5.74) is 1.71. The molecule has 4 nitrogen and oxygen atoms in total. The molecule has 0 aliphatic carbocycles. The fraction of sp³-hybridized carbons (Fsp3) is 0.278. The quantitative estimate of drug-likeness (QED) is 0.809. The Bertz CT molecular complexity index is 642. The molecule has 2 aromatic rings. The predicted octanol–water partition coefficient (Wildman–Crippen LogP) is 3.86. The number of benzene rings is 2. The molecule has 122 valence electrons. The fourth-order valence-electron chi connectivity index (χ4n) is 2.05. The van der Waals surface area contributed by atoms with Crippen LogP contribution in [-0.2, 0) is 11.3 Å². The van der Waals surface area contributed by atoms with Crippen molar-refractivity contribution >= 4 is 23.2 Å². The van der Waals surface area contributed by atoms with Gasteiger partial charge in [0.15, 0.2) is 0 Å². The zero-order valence-corrected chi connectivity index (χ0v) is 14.1. The van der Waals surface area contributed by atoms with Crippen LogP contribution in [-0.4, -0.2) is 18.6 Å². The van der Waals surface area contributed by atoms with E-state index in [0.717, 1.165) is 17.0 Å². The van der Waals surface area contributed by atoms with Crippen molar-refractivity contribution in [2.45, 2.75) is 26.5 Å². The molecule has 0 heterocycles. The second-order valence-corrected chi connectivity index (χ2v) is 5.84. The second-order valence-electron chi connectivity index (χ2n) is 5.43. The Morgan fingerprint density at radius 2 is 1.83 bits per heavy atom. The van der Waals surface area contributed by atoms with Crippen molar-refractivity contribution in [1.82, 2.24) is 5.32 Å². The van der Waals surface area contributed by atoms with Crippen molar-refractivity contribution in [3.05, 3.63) is 59.1 Å². The van der Waals surface area contributed by atoms with Gasteiger partial charge in [-0.15, -0.1) is 0 Å². The first-order chi connectivity index (χ1) is 11.0. The van der Waals surface area contributed by atoms with Crippen molar-refractivity contribution in [2.75, 3.05) is 11.9 Å². The molecule has 0 radical (unpaired) electrons. The topological polar surface area (TPSA) is 50.4 Å². The number of halogens is 1. The third kappa shape index (κ3) is 5.93. The first-order valence-corrected chi connectivity index (χ1v) is 7.93. The van der Waals surface area contributed by atoms with Crippen LogP contribution in [0.4, 0.5) is 5.69 Å². The van der Waals surface area contributed by atoms with Gasteiger partial charge in [-0.3, -0.25) is 4.79 Å². The Balaban J connectivity index is 1.77. The highest BCUT2D eigenvalue weighted by Gasteiger charge is 2.04. The molecule has 2 aromatic carbocycles. The Morgan fingerprint density at radius 3 is 2.48 bits per heavy atom. The molecule has 0 unspecified atom stereocenters. The van der Waals surface area contributed by atoms with Crippen LogP contribution in [0.2, 0.25) is 5.02 Å². The number of hydrogen-bond acceptors (Lipinski definition) is 3. The summed E-state index contributed by atoms with van der Waals surface area (Å²) in [6.07, 6.45) is 0.129. The number of carbonyl (C=O) groups is 1. The molecule has 0 aliphatic rings. The van der Waals surface area contributed by atoms with Gasteiger partial charge in [0, 0.05) is 17.3 Å². The summed E-state index contributed by atoms with van der Waals surface area (Å²) in [4.78, 5) is 11.9. The van der Waals surface area contributed by atoms with Crippen molar-refractivity contribution in [2.24, 2.45) is 0 Å². The lowest BCUT2D eigenvalue weighted by Gasteiger charge is -2.11. The zero-order valence-electron chi connectivity index (χ0n) is 13.3. The zero-order chi connectivity index (χ0) is 16.7. The average molecular weight is 333 g/mol. The Morgan fingerprint density at radius 1 is 1.13 bits per heavy atom. The molecule has 2 rings (SSSR count). The third-order valence-corrected chi connectivity index (χ3v) is 3.44. The first kappa shape index (κ1) is 17.3. The maximum Gasteiger partial charge on any atom is 0.238 e. The SMILES string of the molecule is CC(C)Oc1ccc(NC(=O)CNCc2ccccc2Cl)cc1. The van der Waals surface area contributed by atoms with Gasteiger partial charge in [0.2, 0.25) is 5.91 Å². The van der Waals surface area contributed by atoms with Crippen LogP contribution in [0.5, 0.6) is 5.75 Å². The number of carbonyl (C=O) groups excluding carboxylic acids is 1. The summed E-state index contributed by atoms with van der Waals surface area (Å²) in [6, 6.07) is 14.9. The van der Waals surface area contributed by atoms with Gasteiger partial charge in [-0.1, -0.05) is 29.8 Å². The van der Waals surface area contributed by atoms with Gasteiger partial charge >= 0.3 is 0 Å². The van der Waals surface area contributed by atoms with Crippen LogP contribution in [0, 0.1) is 0 Å². The average Bonchev–Trinajstić information content (AvgIpc) is 2.51. The Kier molecular flexibility index (Phi) is 6.44. The third-order valence-electron chi connectivity index (χ3n) is 3.07. The van der Waals surface area contributed by atoms with Crippen molar-refractivity contribution in [3.63, 3.8) is 0 Å². The molecule has 5 heteroatoms. The van der Waals surface area contributed by atoms with Crippen LogP contribution in [0.25, 0.3) is 0 Å². The van der Waals surface area contributed by atoms with Gasteiger partial charge in [-0.25, -0.2) is 0 Å². The summed E-state index contributed by atoms with van der Waals surface area (Å²) in [6.45, 7) is 4.71. The lowest BCUT2D eigenvalue weighted by molar-refractivity contribution is -0.115. The van der Waals surface area contributed by atoms with Gasteiger partial charge in [-0.05, 0) is 49.7 Å². The predicted molar refractivity (Wildman–Crippen MR) is 94.0 cm³/mol. The molecular formula is C18H21ClN2O2. The molecule has 0 aliphatic heterocycles. The van der Waals surface area contributed by atoms with Crippen molar-refractivity contribution < 1.29 is 9.53 Å². The minimum atomic E-state index is -0.102. The molecule has 0 aromatic heterocycles. The number of rotatable bonds is 7. The van der Waals surface area contributed by atoms with Gasteiger partial charge < -0.3 is 15.4 Å². The number of amides is 1. The standard InChI is InChI=1S/C18H21ClN2O2/c1-13(2)23-16-9-7-15(8-10-16)21-18(22)12-20-11-14-5-3-4-6-17(14)19/h3-10,13,20H,11-12H2,1-2H3,(H,21,22). The Hall–Kier alpha value is -2.04.